The monoisotopic (exact) mass is 209 g/mol. The summed E-state index contributed by atoms with van der Waals surface area (Å²) in [6.45, 7) is 1.29. The van der Waals surface area contributed by atoms with Crippen molar-refractivity contribution in [2.75, 3.05) is 0 Å². The van der Waals surface area contributed by atoms with Crippen molar-refractivity contribution in [3.63, 3.8) is 0 Å². The molecule has 1 aromatic rings. The molecule has 1 aromatic carbocycles. The molecular formula is C10H11NO4. The molecule has 0 spiro atoms. The topological polar surface area (TPSA) is 89.6 Å². The SMILES string of the molecule is CC(=O)Oc1ccc([C@H](N)C(=O)O)cc1. The normalized spacial score (nSPS) is 11.9. The first-order valence-corrected chi connectivity index (χ1v) is 4.27. The van der Waals surface area contributed by atoms with Gasteiger partial charge < -0.3 is 15.6 Å². The Balaban J connectivity index is 2.80. The van der Waals surface area contributed by atoms with Gasteiger partial charge in [-0.2, -0.15) is 0 Å². The van der Waals surface area contributed by atoms with Crippen LogP contribution in [0.25, 0.3) is 0 Å². The molecule has 0 bridgehead atoms. The van der Waals surface area contributed by atoms with E-state index >= 15 is 0 Å². The third kappa shape index (κ3) is 3.07. The van der Waals surface area contributed by atoms with Gasteiger partial charge in [0.25, 0.3) is 0 Å². The van der Waals surface area contributed by atoms with Crippen LogP contribution in [-0.2, 0) is 9.59 Å². The Kier molecular flexibility index (Phi) is 3.41. The van der Waals surface area contributed by atoms with Crippen molar-refractivity contribution in [2.24, 2.45) is 5.73 Å². The number of ether oxygens (including phenoxy) is 1. The molecule has 0 unspecified atom stereocenters. The Morgan fingerprint density at radius 2 is 1.87 bits per heavy atom. The molecule has 0 aliphatic heterocycles. The number of rotatable bonds is 3. The van der Waals surface area contributed by atoms with E-state index < -0.39 is 18.0 Å². The maximum absolute atomic E-state index is 10.6. The molecule has 0 aliphatic carbocycles. The van der Waals surface area contributed by atoms with Crippen LogP contribution in [0.1, 0.15) is 18.5 Å². The lowest BCUT2D eigenvalue weighted by molar-refractivity contribution is -0.138. The summed E-state index contributed by atoms with van der Waals surface area (Å²) in [6, 6.07) is 4.96. The molecule has 0 radical (unpaired) electrons. The lowest BCUT2D eigenvalue weighted by atomic mass is 10.1. The minimum absolute atomic E-state index is 0.365. The molecule has 80 valence electrons. The second-order valence-electron chi connectivity index (χ2n) is 2.98. The second kappa shape index (κ2) is 4.56. The highest BCUT2D eigenvalue weighted by atomic mass is 16.5. The van der Waals surface area contributed by atoms with Gasteiger partial charge in [0.05, 0.1) is 0 Å². The Hall–Kier alpha value is -1.88. The van der Waals surface area contributed by atoms with E-state index in [4.69, 9.17) is 15.6 Å². The van der Waals surface area contributed by atoms with Crippen molar-refractivity contribution >= 4 is 11.9 Å². The maximum atomic E-state index is 10.6. The second-order valence-corrected chi connectivity index (χ2v) is 2.98. The molecule has 0 fully saturated rings. The summed E-state index contributed by atoms with van der Waals surface area (Å²) in [4.78, 5) is 21.2. The molecular weight excluding hydrogens is 198 g/mol. The van der Waals surface area contributed by atoms with Crippen LogP contribution < -0.4 is 10.5 Å². The number of nitrogens with two attached hydrogens (primary N) is 1. The van der Waals surface area contributed by atoms with Crippen molar-refractivity contribution in [1.82, 2.24) is 0 Å². The average molecular weight is 209 g/mol. The highest BCUT2D eigenvalue weighted by Gasteiger charge is 2.13. The Morgan fingerprint density at radius 1 is 1.33 bits per heavy atom. The Morgan fingerprint density at radius 3 is 2.27 bits per heavy atom. The maximum Gasteiger partial charge on any atom is 0.325 e. The van der Waals surface area contributed by atoms with Gasteiger partial charge in [0.2, 0.25) is 0 Å². The zero-order chi connectivity index (χ0) is 11.4. The van der Waals surface area contributed by atoms with E-state index in [2.05, 4.69) is 0 Å². The number of carbonyl (C=O) groups excluding carboxylic acids is 1. The van der Waals surface area contributed by atoms with Gasteiger partial charge in [-0.3, -0.25) is 9.59 Å². The molecule has 0 saturated carbocycles. The number of hydrogen-bond donors (Lipinski definition) is 2. The minimum Gasteiger partial charge on any atom is -0.480 e. The van der Waals surface area contributed by atoms with Crippen LogP contribution in [0.15, 0.2) is 24.3 Å². The number of hydrogen-bond acceptors (Lipinski definition) is 4. The van der Waals surface area contributed by atoms with Gasteiger partial charge in [-0.25, -0.2) is 0 Å². The van der Waals surface area contributed by atoms with Crippen molar-refractivity contribution in [2.45, 2.75) is 13.0 Å². The largest absolute Gasteiger partial charge is 0.480 e. The van der Waals surface area contributed by atoms with Gasteiger partial charge in [0.15, 0.2) is 0 Å². The van der Waals surface area contributed by atoms with Crippen molar-refractivity contribution in [3.8, 4) is 5.75 Å². The molecule has 15 heavy (non-hydrogen) atoms. The first-order chi connectivity index (χ1) is 7.00. The van der Waals surface area contributed by atoms with Gasteiger partial charge in [-0.05, 0) is 17.7 Å². The van der Waals surface area contributed by atoms with E-state index in [1.54, 1.807) is 0 Å². The first kappa shape index (κ1) is 11.2. The van der Waals surface area contributed by atoms with Crippen LogP contribution in [0.4, 0.5) is 0 Å². The fourth-order valence-corrected chi connectivity index (χ4v) is 1.05. The van der Waals surface area contributed by atoms with E-state index in [0.29, 0.717) is 11.3 Å². The summed E-state index contributed by atoms with van der Waals surface area (Å²) in [6.07, 6.45) is 0. The van der Waals surface area contributed by atoms with E-state index in [1.165, 1.54) is 31.2 Å². The quantitative estimate of drug-likeness (QED) is 0.564. The van der Waals surface area contributed by atoms with Gasteiger partial charge >= 0.3 is 11.9 Å². The van der Waals surface area contributed by atoms with Crippen LogP contribution >= 0.6 is 0 Å². The molecule has 1 rings (SSSR count). The lowest BCUT2D eigenvalue weighted by Crippen LogP contribution is -2.20. The number of aliphatic carboxylic acids is 1. The van der Waals surface area contributed by atoms with Crippen LogP contribution in [-0.4, -0.2) is 17.0 Å². The van der Waals surface area contributed by atoms with Crippen molar-refractivity contribution in [1.29, 1.82) is 0 Å². The summed E-state index contributed by atoms with van der Waals surface area (Å²) in [5, 5.41) is 8.64. The molecule has 0 aliphatic rings. The van der Waals surface area contributed by atoms with Gasteiger partial charge in [-0.15, -0.1) is 0 Å². The smallest absolute Gasteiger partial charge is 0.325 e. The van der Waals surface area contributed by atoms with E-state index in [-0.39, 0.29) is 0 Å². The molecule has 0 saturated heterocycles. The van der Waals surface area contributed by atoms with Crippen LogP contribution in [0.5, 0.6) is 5.75 Å². The predicted molar refractivity (Wildman–Crippen MR) is 52.3 cm³/mol. The summed E-state index contributed by atoms with van der Waals surface area (Å²) in [7, 11) is 0. The van der Waals surface area contributed by atoms with Crippen LogP contribution in [0.2, 0.25) is 0 Å². The molecule has 0 heterocycles. The predicted octanol–water partition coefficient (Wildman–Crippen LogP) is 0.696. The molecule has 5 heteroatoms. The zero-order valence-corrected chi connectivity index (χ0v) is 8.14. The van der Waals surface area contributed by atoms with Gasteiger partial charge in [0.1, 0.15) is 11.8 Å². The molecule has 0 aromatic heterocycles. The van der Waals surface area contributed by atoms with E-state index in [9.17, 15) is 9.59 Å². The van der Waals surface area contributed by atoms with Crippen LogP contribution in [0.3, 0.4) is 0 Å². The number of esters is 1. The summed E-state index contributed by atoms with van der Waals surface area (Å²) < 4.78 is 4.78. The van der Waals surface area contributed by atoms with Gasteiger partial charge in [0, 0.05) is 6.92 Å². The number of benzene rings is 1. The first-order valence-electron chi connectivity index (χ1n) is 4.27. The van der Waals surface area contributed by atoms with E-state index in [1.807, 2.05) is 0 Å². The molecule has 3 N–H and O–H groups in total. The van der Waals surface area contributed by atoms with E-state index in [0.717, 1.165) is 0 Å². The van der Waals surface area contributed by atoms with Gasteiger partial charge in [-0.1, -0.05) is 12.1 Å². The molecule has 1 atom stereocenters. The number of carboxylic acid groups (broad SMARTS) is 1. The number of carboxylic acids is 1. The average Bonchev–Trinajstić information content (AvgIpc) is 2.17. The fourth-order valence-electron chi connectivity index (χ4n) is 1.05. The lowest BCUT2D eigenvalue weighted by Gasteiger charge is -2.07. The Labute approximate surface area is 86.5 Å². The highest BCUT2D eigenvalue weighted by molar-refractivity contribution is 5.75. The van der Waals surface area contributed by atoms with Crippen molar-refractivity contribution in [3.05, 3.63) is 29.8 Å². The third-order valence-electron chi connectivity index (χ3n) is 1.77. The Bertz CT molecular complexity index is 372. The third-order valence-corrected chi connectivity index (χ3v) is 1.77. The minimum atomic E-state index is -1.10. The number of carbonyl (C=O) groups is 2. The molecule has 5 nitrogen and oxygen atoms in total. The highest BCUT2D eigenvalue weighted by Crippen LogP contribution is 2.16. The van der Waals surface area contributed by atoms with Crippen molar-refractivity contribution < 1.29 is 19.4 Å². The zero-order valence-electron chi connectivity index (χ0n) is 8.14. The summed E-state index contributed by atoms with van der Waals surface area (Å²) >= 11 is 0. The summed E-state index contributed by atoms with van der Waals surface area (Å²) in [5.41, 5.74) is 5.84. The summed E-state index contributed by atoms with van der Waals surface area (Å²) in [5.74, 6) is -1.16. The fraction of sp³-hybridized carbons (Fsp3) is 0.200. The molecule has 0 amide bonds. The van der Waals surface area contributed by atoms with Crippen LogP contribution in [0, 0.1) is 0 Å². The standard InChI is InChI=1S/C10H11NO4/c1-6(12)15-8-4-2-7(3-5-8)9(11)10(13)14/h2-5,9H,11H2,1H3,(H,13,14)/t9-/m0/s1.